The third kappa shape index (κ3) is 4.64. The van der Waals surface area contributed by atoms with E-state index in [1.165, 1.54) is 25.7 Å². The van der Waals surface area contributed by atoms with Crippen LogP contribution in [0.2, 0.25) is 0 Å². The largest absolute Gasteiger partial charge is 0.380 e. The molecule has 1 aromatic carbocycles. The van der Waals surface area contributed by atoms with E-state index in [4.69, 9.17) is 4.74 Å². The number of nitrogens with one attached hydrogen (secondary N) is 1. The van der Waals surface area contributed by atoms with Crippen LogP contribution in [0.4, 0.5) is 0 Å². The van der Waals surface area contributed by atoms with Crippen molar-refractivity contribution >= 4 is 5.91 Å². The summed E-state index contributed by atoms with van der Waals surface area (Å²) in [7, 11) is 1.69. The number of rotatable bonds is 7. The molecule has 0 aromatic heterocycles. The predicted molar refractivity (Wildman–Crippen MR) is 80.2 cm³/mol. The number of hydrogen-bond donors (Lipinski definition) is 1. The van der Waals surface area contributed by atoms with Gasteiger partial charge in [0.15, 0.2) is 0 Å². The Labute approximate surface area is 121 Å². The first kappa shape index (κ1) is 15.0. The van der Waals surface area contributed by atoms with Gasteiger partial charge in [0.1, 0.15) is 0 Å². The van der Waals surface area contributed by atoms with Crippen molar-refractivity contribution in [3.8, 4) is 0 Å². The molecule has 3 nitrogen and oxygen atoms in total. The van der Waals surface area contributed by atoms with Crippen LogP contribution in [0.5, 0.6) is 0 Å². The van der Waals surface area contributed by atoms with Gasteiger partial charge in [0.25, 0.3) is 0 Å². The highest BCUT2D eigenvalue weighted by atomic mass is 16.5. The predicted octanol–water partition coefficient (Wildman–Crippen LogP) is 3.42. The highest BCUT2D eigenvalue weighted by Crippen LogP contribution is 2.28. The highest BCUT2D eigenvalue weighted by Gasteiger charge is 2.16. The van der Waals surface area contributed by atoms with Crippen LogP contribution in [-0.4, -0.2) is 13.0 Å². The average molecular weight is 275 g/mol. The van der Waals surface area contributed by atoms with E-state index in [-0.39, 0.29) is 5.91 Å². The molecule has 1 fully saturated rings. The maximum atomic E-state index is 11.9. The second-order valence-electron chi connectivity index (χ2n) is 5.67. The third-order valence-corrected chi connectivity index (χ3v) is 4.15. The van der Waals surface area contributed by atoms with Crippen LogP contribution >= 0.6 is 0 Å². The van der Waals surface area contributed by atoms with Gasteiger partial charge >= 0.3 is 0 Å². The van der Waals surface area contributed by atoms with Crippen molar-refractivity contribution in [2.45, 2.75) is 51.7 Å². The summed E-state index contributed by atoms with van der Waals surface area (Å²) in [5.41, 5.74) is 2.29. The number of benzene rings is 1. The highest BCUT2D eigenvalue weighted by molar-refractivity contribution is 5.75. The first-order valence-corrected chi connectivity index (χ1v) is 7.62. The summed E-state index contributed by atoms with van der Waals surface area (Å²) in [4.78, 5) is 11.9. The Morgan fingerprint density at radius 1 is 1.25 bits per heavy atom. The molecule has 1 amide bonds. The van der Waals surface area contributed by atoms with Gasteiger partial charge in [0, 0.05) is 20.1 Å². The Morgan fingerprint density at radius 3 is 2.65 bits per heavy atom. The summed E-state index contributed by atoms with van der Waals surface area (Å²) < 4.78 is 5.18. The summed E-state index contributed by atoms with van der Waals surface area (Å²) in [5, 5.41) is 3.03. The van der Waals surface area contributed by atoms with E-state index in [9.17, 15) is 4.79 Å². The standard InChI is InChI=1S/C17H25NO2/c1-20-13-16-9-5-4-8-15(16)12-18-17(19)11-10-14-6-2-3-7-14/h4-5,8-9,14H,2-3,6-7,10-13H2,1H3,(H,18,19). The van der Waals surface area contributed by atoms with E-state index in [2.05, 4.69) is 5.32 Å². The molecule has 0 unspecified atom stereocenters. The Morgan fingerprint density at radius 2 is 1.95 bits per heavy atom. The molecule has 1 aliphatic rings. The van der Waals surface area contributed by atoms with E-state index in [1.54, 1.807) is 7.11 Å². The van der Waals surface area contributed by atoms with Crippen molar-refractivity contribution in [3.63, 3.8) is 0 Å². The molecule has 0 radical (unpaired) electrons. The topological polar surface area (TPSA) is 38.3 Å². The van der Waals surface area contributed by atoms with Gasteiger partial charge in [-0.15, -0.1) is 0 Å². The quantitative estimate of drug-likeness (QED) is 0.828. The lowest BCUT2D eigenvalue weighted by molar-refractivity contribution is -0.121. The number of amides is 1. The second kappa shape index (κ2) is 8.05. The first-order valence-electron chi connectivity index (χ1n) is 7.62. The Balaban J connectivity index is 1.74. The lowest BCUT2D eigenvalue weighted by Gasteiger charge is -2.11. The maximum absolute atomic E-state index is 11.9. The summed E-state index contributed by atoms with van der Waals surface area (Å²) >= 11 is 0. The van der Waals surface area contributed by atoms with Gasteiger partial charge in [-0.05, 0) is 23.5 Å². The lowest BCUT2D eigenvalue weighted by atomic mass is 10.0. The number of carbonyl (C=O) groups excluding carboxylic acids is 1. The Bertz CT molecular complexity index is 425. The Kier molecular flexibility index (Phi) is 6.06. The molecule has 1 N–H and O–H groups in total. The van der Waals surface area contributed by atoms with Crippen molar-refractivity contribution in [1.29, 1.82) is 0 Å². The summed E-state index contributed by atoms with van der Waals surface area (Å²) in [5.74, 6) is 0.950. The third-order valence-electron chi connectivity index (χ3n) is 4.15. The van der Waals surface area contributed by atoms with Gasteiger partial charge in [-0.2, -0.15) is 0 Å². The molecule has 0 bridgehead atoms. The fourth-order valence-electron chi connectivity index (χ4n) is 2.94. The zero-order valence-corrected chi connectivity index (χ0v) is 12.4. The van der Waals surface area contributed by atoms with Gasteiger partial charge < -0.3 is 10.1 Å². The molecule has 3 heteroatoms. The van der Waals surface area contributed by atoms with Crippen LogP contribution in [0.3, 0.4) is 0 Å². The van der Waals surface area contributed by atoms with E-state index in [0.29, 0.717) is 19.6 Å². The minimum Gasteiger partial charge on any atom is -0.380 e. The molecule has 0 aliphatic heterocycles. The Hall–Kier alpha value is -1.35. The summed E-state index contributed by atoms with van der Waals surface area (Å²) in [6.07, 6.45) is 7.02. The van der Waals surface area contributed by atoms with Gasteiger partial charge in [-0.25, -0.2) is 0 Å². The molecule has 110 valence electrons. The second-order valence-corrected chi connectivity index (χ2v) is 5.67. The van der Waals surface area contributed by atoms with Crippen LogP contribution in [0.25, 0.3) is 0 Å². The number of ether oxygens (including phenoxy) is 1. The normalized spacial score (nSPS) is 15.4. The molecule has 2 rings (SSSR count). The van der Waals surface area contributed by atoms with E-state index < -0.39 is 0 Å². The smallest absolute Gasteiger partial charge is 0.220 e. The zero-order valence-electron chi connectivity index (χ0n) is 12.4. The van der Waals surface area contributed by atoms with Crippen LogP contribution in [-0.2, 0) is 22.7 Å². The first-order chi connectivity index (χ1) is 9.79. The van der Waals surface area contributed by atoms with Gasteiger partial charge in [-0.3, -0.25) is 4.79 Å². The number of hydrogen-bond acceptors (Lipinski definition) is 2. The van der Waals surface area contributed by atoms with Crippen molar-refractivity contribution in [3.05, 3.63) is 35.4 Å². The molecule has 1 aromatic rings. The van der Waals surface area contributed by atoms with Crippen LogP contribution in [0.1, 0.15) is 49.7 Å². The molecule has 1 aliphatic carbocycles. The lowest BCUT2D eigenvalue weighted by Crippen LogP contribution is -2.23. The van der Waals surface area contributed by atoms with E-state index >= 15 is 0 Å². The molecule has 20 heavy (non-hydrogen) atoms. The van der Waals surface area contributed by atoms with Crippen molar-refractivity contribution in [2.75, 3.05) is 7.11 Å². The fourth-order valence-corrected chi connectivity index (χ4v) is 2.94. The minimum absolute atomic E-state index is 0.170. The molecule has 0 heterocycles. The zero-order chi connectivity index (χ0) is 14.2. The SMILES string of the molecule is COCc1ccccc1CNC(=O)CCC1CCCC1. The van der Waals surface area contributed by atoms with Crippen LogP contribution in [0.15, 0.2) is 24.3 Å². The van der Waals surface area contributed by atoms with Crippen LogP contribution < -0.4 is 5.32 Å². The molecular weight excluding hydrogens is 250 g/mol. The van der Waals surface area contributed by atoms with Crippen molar-refractivity contribution < 1.29 is 9.53 Å². The molecular formula is C17H25NO2. The van der Waals surface area contributed by atoms with Gasteiger partial charge in [-0.1, -0.05) is 49.9 Å². The summed E-state index contributed by atoms with van der Waals surface area (Å²) in [6.45, 7) is 1.19. The van der Waals surface area contributed by atoms with E-state index in [1.807, 2.05) is 24.3 Å². The average Bonchev–Trinajstić information content (AvgIpc) is 2.98. The molecule has 0 spiro atoms. The maximum Gasteiger partial charge on any atom is 0.220 e. The number of methoxy groups -OCH3 is 1. The van der Waals surface area contributed by atoms with Gasteiger partial charge in [0.05, 0.1) is 6.61 Å². The number of carbonyl (C=O) groups is 1. The monoisotopic (exact) mass is 275 g/mol. The summed E-state index contributed by atoms with van der Waals surface area (Å²) in [6, 6.07) is 8.09. The molecule has 1 saturated carbocycles. The minimum atomic E-state index is 0.170. The van der Waals surface area contributed by atoms with Gasteiger partial charge in [0.2, 0.25) is 5.91 Å². The fraction of sp³-hybridized carbons (Fsp3) is 0.588. The van der Waals surface area contributed by atoms with Crippen LogP contribution in [0, 0.1) is 5.92 Å². The molecule has 0 saturated heterocycles. The van der Waals surface area contributed by atoms with Crippen molar-refractivity contribution in [1.82, 2.24) is 5.32 Å². The molecule has 0 atom stereocenters. The van der Waals surface area contributed by atoms with Crippen molar-refractivity contribution in [2.24, 2.45) is 5.92 Å². The van der Waals surface area contributed by atoms with E-state index in [0.717, 1.165) is 23.5 Å².